The molecule has 0 aliphatic rings. The topological polar surface area (TPSA) is 34.1 Å². The van der Waals surface area contributed by atoms with Gasteiger partial charge in [-0.15, -0.1) is 0 Å². The SMILES string of the molecule is CC(C)OCCCNC(C)c1ccncc1. The molecule has 0 saturated carbocycles. The molecule has 0 fully saturated rings. The van der Waals surface area contributed by atoms with Gasteiger partial charge in [-0.25, -0.2) is 0 Å². The van der Waals surface area contributed by atoms with E-state index < -0.39 is 0 Å². The first-order chi connectivity index (χ1) is 7.70. The minimum atomic E-state index is 0.331. The summed E-state index contributed by atoms with van der Waals surface area (Å²) in [6.45, 7) is 8.10. The normalized spacial score (nSPS) is 13.0. The third-order valence-corrected chi connectivity index (χ3v) is 2.43. The van der Waals surface area contributed by atoms with Crippen molar-refractivity contribution >= 4 is 0 Å². The number of hydrogen-bond acceptors (Lipinski definition) is 3. The van der Waals surface area contributed by atoms with Crippen molar-refractivity contribution in [2.45, 2.75) is 39.3 Å². The number of ether oxygens (including phenoxy) is 1. The Morgan fingerprint density at radius 1 is 1.25 bits per heavy atom. The Kier molecular flexibility index (Phi) is 6.04. The third kappa shape index (κ3) is 5.24. The van der Waals surface area contributed by atoms with E-state index in [1.54, 1.807) is 0 Å². The highest BCUT2D eigenvalue weighted by Gasteiger charge is 2.02. The summed E-state index contributed by atoms with van der Waals surface area (Å²) in [6, 6.07) is 4.46. The van der Waals surface area contributed by atoms with Crippen LogP contribution in [0.4, 0.5) is 0 Å². The van der Waals surface area contributed by atoms with Gasteiger partial charge in [-0.2, -0.15) is 0 Å². The maximum Gasteiger partial charge on any atom is 0.0518 e. The quantitative estimate of drug-likeness (QED) is 0.720. The van der Waals surface area contributed by atoms with E-state index in [0.29, 0.717) is 12.1 Å². The summed E-state index contributed by atoms with van der Waals surface area (Å²) >= 11 is 0. The van der Waals surface area contributed by atoms with Gasteiger partial charge in [0.2, 0.25) is 0 Å². The van der Waals surface area contributed by atoms with Crippen molar-refractivity contribution in [2.75, 3.05) is 13.2 Å². The summed E-state index contributed by atoms with van der Waals surface area (Å²) < 4.78 is 5.48. The molecule has 1 unspecified atom stereocenters. The summed E-state index contributed by atoms with van der Waals surface area (Å²) in [5.41, 5.74) is 1.28. The zero-order valence-corrected chi connectivity index (χ0v) is 10.4. The number of nitrogens with zero attached hydrogens (tertiary/aromatic N) is 1. The van der Waals surface area contributed by atoms with Gasteiger partial charge >= 0.3 is 0 Å². The van der Waals surface area contributed by atoms with Crippen molar-refractivity contribution in [2.24, 2.45) is 0 Å². The fourth-order valence-corrected chi connectivity index (χ4v) is 1.48. The fourth-order valence-electron chi connectivity index (χ4n) is 1.48. The molecule has 0 aliphatic heterocycles. The first kappa shape index (κ1) is 13.1. The van der Waals surface area contributed by atoms with Gasteiger partial charge in [0.1, 0.15) is 0 Å². The number of rotatable bonds is 7. The van der Waals surface area contributed by atoms with Crippen LogP contribution in [-0.4, -0.2) is 24.2 Å². The molecule has 16 heavy (non-hydrogen) atoms. The summed E-state index contributed by atoms with van der Waals surface area (Å²) in [7, 11) is 0. The van der Waals surface area contributed by atoms with E-state index in [1.165, 1.54) is 5.56 Å². The molecule has 0 saturated heterocycles. The molecule has 90 valence electrons. The number of pyridine rings is 1. The molecule has 3 nitrogen and oxygen atoms in total. The predicted octanol–water partition coefficient (Wildman–Crippen LogP) is 2.55. The van der Waals surface area contributed by atoms with Crippen molar-refractivity contribution in [3.8, 4) is 0 Å². The fraction of sp³-hybridized carbons (Fsp3) is 0.615. The van der Waals surface area contributed by atoms with Crippen LogP contribution < -0.4 is 5.32 Å². The molecule has 1 heterocycles. The second-order valence-corrected chi connectivity index (χ2v) is 4.23. The first-order valence-corrected chi connectivity index (χ1v) is 5.95. The average molecular weight is 222 g/mol. The van der Waals surface area contributed by atoms with Crippen LogP contribution in [0.1, 0.15) is 38.8 Å². The molecule has 3 heteroatoms. The van der Waals surface area contributed by atoms with Crippen LogP contribution in [-0.2, 0) is 4.74 Å². The molecular weight excluding hydrogens is 200 g/mol. The van der Waals surface area contributed by atoms with Gasteiger partial charge in [0.15, 0.2) is 0 Å². The molecule has 1 rings (SSSR count). The lowest BCUT2D eigenvalue weighted by molar-refractivity contribution is 0.0768. The lowest BCUT2D eigenvalue weighted by Crippen LogP contribution is -2.21. The Balaban J connectivity index is 2.14. The lowest BCUT2D eigenvalue weighted by Gasteiger charge is -2.14. The highest BCUT2D eigenvalue weighted by atomic mass is 16.5. The summed E-state index contributed by atoms with van der Waals surface area (Å²) in [5, 5.41) is 3.46. The standard InChI is InChI=1S/C13H22N2O/c1-11(2)16-10-4-7-15-12(3)13-5-8-14-9-6-13/h5-6,8-9,11-12,15H,4,7,10H2,1-3H3. The molecule has 0 aliphatic carbocycles. The van der Waals surface area contributed by atoms with Gasteiger partial charge in [0.05, 0.1) is 6.10 Å². The van der Waals surface area contributed by atoms with E-state index in [2.05, 4.69) is 31.1 Å². The number of aromatic nitrogens is 1. The molecule has 0 spiro atoms. The Labute approximate surface area is 98.2 Å². The van der Waals surface area contributed by atoms with Gasteiger partial charge in [-0.05, 0) is 51.4 Å². The van der Waals surface area contributed by atoms with Gasteiger partial charge < -0.3 is 10.1 Å². The summed E-state index contributed by atoms with van der Waals surface area (Å²) in [5.74, 6) is 0. The Hall–Kier alpha value is -0.930. The van der Waals surface area contributed by atoms with Crippen LogP contribution in [0, 0.1) is 0 Å². The molecule has 1 aromatic rings. The van der Waals surface area contributed by atoms with E-state index in [1.807, 2.05) is 24.5 Å². The Morgan fingerprint density at radius 2 is 1.94 bits per heavy atom. The molecular formula is C13H22N2O. The van der Waals surface area contributed by atoms with Crippen molar-refractivity contribution in [1.82, 2.24) is 10.3 Å². The van der Waals surface area contributed by atoms with E-state index in [4.69, 9.17) is 4.74 Å². The molecule has 0 radical (unpaired) electrons. The second kappa shape index (κ2) is 7.36. The predicted molar refractivity (Wildman–Crippen MR) is 66.4 cm³/mol. The van der Waals surface area contributed by atoms with Gasteiger partial charge in [-0.1, -0.05) is 0 Å². The Morgan fingerprint density at radius 3 is 2.56 bits per heavy atom. The second-order valence-electron chi connectivity index (χ2n) is 4.23. The lowest BCUT2D eigenvalue weighted by atomic mass is 10.1. The van der Waals surface area contributed by atoms with Crippen molar-refractivity contribution in [3.63, 3.8) is 0 Å². The molecule has 0 amide bonds. The van der Waals surface area contributed by atoms with Crippen LogP contribution >= 0.6 is 0 Å². The zero-order valence-electron chi connectivity index (χ0n) is 10.4. The molecule has 0 aromatic carbocycles. The average Bonchev–Trinajstić information content (AvgIpc) is 2.29. The van der Waals surface area contributed by atoms with E-state index >= 15 is 0 Å². The molecule has 1 N–H and O–H groups in total. The van der Waals surface area contributed by atoms with Gasteiger partial charge in [0, 0.05) is 25.0 Å². The molecule has 1 aromatic heterocycles. The van der Waals surface area contributed by atoms with Crippen LogP contribution in [0.2, 0.25) is 0 Å². The largest absolute Gasteiger partial charge is 0.379 e. The monoisotopic (exact) mass is 222 g/mol. The van der Waals surface area contributed by atoms with Gasteiger partial charge in [-0.3, -0.25) is 4.98 Å². The highest BCUT2D eigenvalue weighted by Crippen LogP contribution is 2.09. The minimum Gasteiger partial charge on any atom is -0.379 e. The molecule has 0 bridgehead atoms. The van der Waals surface area contributed by atoms with Crippen LogP contribution in [0.5, 0.6) is 0 Å². The van der Waals surface area contributed by atoms with Gasteiger partial charge in [0.25, 0.3) is 0 Å². The van der Waals surface area contributed by atoms with Crippen molar-refractivity contribution in [3.05, 3.63) is 30.1 Å². The third-order valence-electron chi connectivity index (χ3n) is 2.43. The first-order valence-electron chi connectivity index (χ1n) is 5.95. The van der Waals surface area contributed by atoms with E-state index in [-0.39, 0.29) is 0 Å². The van der Waals surface area contributed by atoms with Crippen LogP contribution in [0.15, 0.2) is 24.5 Å². The summed E-state index contributed by atoms with van der Waals surface area (Å²) in [6.07, 6.45) is 5.04. The maximum absolute atomic E-state index is 5.48. The van der Waals surface area contributed by atoms with Crippen LogP contribution in [0.3, 0.4) is 0 Å². The van der Waals surface area contributed by atoms with Crippen molar-refractivity contribution in [1.29, 1.82) is 0 Å². The smallest absolute Gasteiger partial charge is 0.0518 e. The Bertz CT molecular complexity index is 275. The van der Waals surface area contributed by atoms with E-state index in [9.17, 15) is 0 Å². The highest BCUT2D eigenvalue weighted by molar-refractivity contribution is 5.13. The molecule has 1 atom stereocenters. The van der Waals surface area contributed by atoms with Crippen LogP contribution in [0.25, 0.3) is 0 Å². The number of nitrogens with one attached hydrogen (secondary N) is 1. The summed E-state index contributed by atoms with van der Waals surface area (Å²) in [4.78, 5) is 4.01. The minimum absolute atomic E-state index is 0.331. The number of hydrogen-bond donors (Lipinski definition) is 1. The van der Waals surface area contributed by atoms with E-state index in [0.717, 1.165) is 19.6 Å². The maximum atomic E-state index is 5.48. The van der Waals surface area contributed by atoms with Crippen molar-refractivity contribution < 1.29 is 4.74 Å². The zero-order chi connectivity index (χ0) is 11.8.